The van der Waals surface area contributed by atoms with Crippen molar-refractivity contribution < 1.29 is 33.8 Å². The third kappa shape index (κ3) is 5.19. The van der Waals surface area contributed by atoms with Crippen molar-refractivity contribution in [1.29, 1.82) is 0 Å². The number of nitrogens with one attached hydrogen (secondary N) is 2. The van der Waals surface area contributed by atoms with Crippen LogP contribution in [0.15, 0.2) is 48.5 Å². The fraction of sp³-hybridized carbons (Fsp3) is 0.360. The highest BCUT2D eigenvalue weighted by Gasteiger charge is 2.37. The van der Waals surface area contributed by atoms with Crippen molar-refractivity contribution in [2.75, 3.05) is 13.7 Å². The molecule has 2 atom stereocenters. The zero-order valence-electron chi connectivity index (χ0n) is 19.3. The number of benzene rings is 2. The van der Waals surface area contributed by atoms with E-state index in [-0.39, 0.29) is 18.9 Å². The SMILES string of the molecule is CCC(C)(NC(=O)OCC1c2ccccc2-c2ccccc21)C(=O)N[C@H](CC(=O)OC)C(=O)O. The minimum Gasteiger partial charge on any atom is -0.480 e. The summed E-state index contributed by atoms with van der Waals surface area (Å²) >= 11 is 0. The smallest absolute Gasteiger partial charge is 0.408 e. The first-order chi connectivity index (χ1) is 16.2. The van der Waals surface area contributed by atoms with Crippen molar-refractivity contribution >= 4 is 23.9 Å². The molecular formula is C25H28N2O7. The summed E-state index contributed by atoms with van der Waals surface area (Å²) in [6.45, 7) is 3.20. The maximum atomic E-state index is 12.8. The summed E-state index contributed by atoms with van der Waals surface area (Å²) in [6, 6.07) is 14.3. The Hall–Kier alpha value is -3.88. The van der Waals surface area contributed by atoms with E-state index in [0.717, 1.165) is 29.4 Å². The summed E-state index contributed by atoms with van der Waals surface area (Å²) in [7, 11) is 1.12. The zero-order valence-corrected chi connectivity index (χ0v) is 19.3. The van der Waals surface area contributed by atoms with Crippen LogP contribution in [0.4, 0.5) is 4.79 Å². The topological polar surface area (TPSA) is 131 Å². The molecule has 2 aromatic carbocycles. The first-order valence-electron chi connectivity index (χ1n) is 10.9. The number of carbonyl (C=O) groups is 4. The molecule has 34 heavy (non-hydrogen) atoms. The number of aliphatic carboxylic acids is 1. The molecule has 0 bridgehead atoms. The third-order valence-corrected chi connectivity index (χ3v) is 6.13. The van der Waals surface area contributed by atoms with Crippen molar-refractivity contribution in [3.8, 4) is 11.1 Å². The average molecular weight is 469 g/mol. The van der Waals surface area contributed by atoms with Crippen LogP contribution in [-0.2, 0) is 23.9 Å². The summed E-state index contributed by atoms with van der Waals surface area (Å²) in [5.41, 5.74) is 2.84. The van der Waals surface area contributed by atoms with Gasteiger partial charge in [-0.2, -0.15) is 0 Å². The highest BCUT2D eigenvalue weighted by Crippen LogP contribution is 2.44. The van der Waals surface area contributed by atoms with E-state index in [1.54, 1.807) is 6.92 Å². The van der Waals surface area contributed by atoms with Gasteiger partial charge in [0.05, 0.1) is 13.5 Å². The molecule has 0 spiro atoms. The van der Waals surface area contributed by atoms with Crippen molar-refractivity contribution in [2.45, 2.75) is 44.2 Å². The number of alkyl carbamates (subject to hydrolysis) is 1. The van der Waals surface area contributed by atoms with Gasteiger partial charge in [-0.1, -0.05) is 55.5 Å². The molecule has 1 aliphatic carbocycles. The summed E-state index contributed by atoms with van der Waals surface area (Å²) in [6.07, 6.45) is -1.18. The Balaban J connectivity index is 1.66. The molecule has 3 N–H and O–H groups in total. The van der Waals surface area contributed by atoms with Crippen molar-refractivity contribution in [2.24, 2.45) is 0 Å². The van der Waals surface area contributed by atoms with E-state index in [1.165, 1.54) is 6.92 Å². The number of amides is 2. The van der Waals surface area contributed by atoms with E-state index in [0.29, 0.717) is 0 Å². The van der Waals surface area contributed by atoms with E-state index in [9.17, 15) is 24.3 Å². The minimum absolute atomic E-state index is 0.0708. The monoisotopic (exact) mass is 468 g/mol. The van der Waals surface area contributed by atoms with Crippen LogP contribution in [0.3, 0.4) is 0 Å². The highest BCUT2D eigenvalue weighted by molar-refractivity contribution is 5.93. The zero-order chi connectivity index (χ0) is 24.9. The van der Waals surface area contributed by atoms with Gasteiger partial charge in [0.15, 0.2) is 0 Å². The van der Waals surface area contributed by atoms with Crippen molar-refractivity contribution in [3.63, 3.8) is 0 Å². The minimum atomic E-state index is -1.49. The van der Waals surface area contributed by atoms with Crippen LogP contribution < -0.4 is 10.6 Å². The van der Waals surface area contributed by atoms with Crippen LogP contribution in [0.1, 0.15) is 43.7 Å². The standard InChI is InChI=1S/C25H28N2O7/c1-4-25(2,23(31)26-20(22(29)30)13-21(28)33-3)27-24(32)34-14-19-17-11-7-5-9-15(17)16-10-6-8-12-18(16)19/h5-12,19-20H,4,13-14H2,1-3H3,(H,26,31)(H,27,32)(H,29,30)/t20-,25?/m1/s1. The second-order valence-corrected chi connectivity index (χ2v) is 8.28. The molecule has 0 saturated heterocycles. The predicted octanol–water partition coefficient (Wildman–Crippen LogP) is 2.83. The van der Waals surface area contributed by atoms with Crippen LogP contribution in [0.25, 0.3) is 11.1 Å². The van der Waals surface area contributed by atoms with E-state index >= 15 is 0 Å². The number of fused-ring (bicyclic) bond motifs is 3. The number of ether oxygens (including phenoxy) is 2. The maximum Gasteiger partial charge on any atom is 0.408 e. The van der Waals surface area contributed by atoms with Gasteiger partial charge in [-0.25, -0.2) is 9.59 Å². The third-order valence-electron chi connectivity index (χ3n) is 6.13. The molecule has 0 heterocycles. The predicted molar refractivity (Wildman–Crippen MR) is 123 cm³/mol. The lowest BCUT2D eigenvalue weighted by Gasteiger charge is -2.29. The Morgan fingerprint density at radius 2 is 1.59 bits per heavy atom. The molecule has 0 aromatic heterocycles. The maximum absolute atomic E-state index is 12.8. The summed E-state index contributed by atoms with van der Waals surface area (Å²) in [5.74, 6) is -3.06. The van der Waals surface area contributed by atoms with Gasteiger partial charge >= 0.3 is 18.0 Å². The van der Waals surface area contributed by atoms with Crippen molar-refractivity contribution in [1.82, 2.24) is 10.6 Å². The number of carbonyl (C=O) groups excluding carboxylic acids is 3. The lowest BCUT2D eigenvalue weighted by Crippen LogP contribution is -2.59. The Labute approximate surface area is 197 Å². The molecule has 0 radical (unpaired) electrons. The lowest BCUT2D eigenvalue weighted by molar-refractivity contribution is -0.149. The normalized spacial score (nSPS) is 14.7. The van der Waals surface area contributed by atoms with Crippen LogP contribution >= 0.6 is 0 Å². The molecule has 1 aliphatic rings. The number of carboxylic acid groups (broad SMARTS) is 1. The van der Waals surface area contributed by atoms with E-state index in [1.807, 2.05) is 48.5 Å². The first kappa shape index (κ1) is 24.8. The quantitative estimate of drug-likeness (QED) is 0.482. The second kappa shape index (κ2) is 10.4. The van der Waals surface area contributed by atoms with Gasteiger partial charge < -0.3 is 25.2 Å². The van der Waals surface area contributed by atoms with E-state index < -0.39 is 41.9 Å². The number of carboxylic acids is 1. The molecule has 9 heteroatoms. The molecule has 9 nitrogen and oxygen atoms in total. The molecule has 2 aromatic rings. The fourth-order valence-electron chi connectivity index (χ4n) is 3.93. The van der Waals surface area contributed by atoms with Crippen LogP contribution in [0.2, 0.25) is 0 Å². The summed E-state index contributed by atoms with van der Waals surface area (Å²) in [5, 5.41) is 14.2. The van der Waals surface area contributed by atoms with Crippen LogP contribution in [-0.4, -0.2) is 54.3 Å². The fourth-order valence-corrected chi connectivity index (χ4v) is 3.93. The Morgan fingerprint density at radius 3 is 2.09 bits per heavy atom. The molecule has 1 unspecified atom stereocenters. The number of methoxy groups -OCH3 is 1. The number of esters is 1. The molecule has 0 aliphatic heterocycles. The molecule has 180 valence electrons. The average Bonchev–Trinajstić information content (AvgIpc) is 3.15. The van der Waals surface area contributed by atoms with Crippen molar-refractivity contribution in [3.05, 3.63) is 59.7 Å². The van der Waals surface area contributed by atoms with Crippen LogP contribution in [0, 0.1) is 0 Å². The summed E-state index contributed by atoms with van der Waals surface area (Å²) < 4.78 is 9.98. The molecule has 2 amide bonds. The lowest BCUT2D eigenvalue weighted by atomic mass is 9.97. The summed E-state index contributed by atoms with van der Waals surface area (Å²) in [4.78, 5) is 48.4. The van der Waals surface area contributed by atoms with Crippen LogP contribution in [0.5, 0.6) is 0 Å². The number of hydrogen-bond donors (Lipinski definition) is 3. The highest BCUT2D eigenvalue weighted by atomic mass is 16.5. The Kier molecular flexibility index (Phi) is 7.55. The van der Waals surface area contributed by atoms with Gasteiger partial charge in [-0.05, 0) is 35.6 Å². The van der Waals surface area contributed by atoms with Gasteiger partial charge in [0, 0.05) is 5.92 Å². The largest absolute Gasteiger partial charge is 0.480 e. The number of hydrogen-bond acceptors (Lipinski definition) is 6. The van der Waals surface area contributed by atoms with Gasteiger partial charge in [0.1, 0.15) is 18.2 Å². The Bertz CT molecular complexity index is 1050. The van der Waals surface area contributed by atoms with Gasteiger partial charge in [0.2, 0.25) is 5.91 Å². The molecule has 0 fully saturated rings. The van der Waals surface area contributed by atoms with Gasteiger partial charge in [0.25, 0.3) is 0 Å². The van der Waals surface area contributed by atoms with Gasteiger partial charge in [-0.3, -0.25) is 9.59 Å². The first-order valence-corrected chi connectivity index (χ1v) is 10.9. The van der Waals surface area contributed by atoms with Gasteiger partial charge in [-0.15, -0.1) is 0 Å². The molecule has 0 saturated carbocycles. The number of rotatable bonds is 9. The molecular weight excluding hydrogens is 440 g/mol. The Morgan fingerprint density at radius 1 is 1.03 bits per heavy atom. The van der Waals surface area contributed by atoms with E-state index in [4.69, 9.17) is 4.74 Å². The van der Waals surface area contributed by atoms with E-state index in [2.05, 4.69) is 15.4 Å². The second-order valence-electron chi connectivity index (χ2n) is 8.28. The molecule has 3 rings (SSSR count).